The van der Waals surface area contributed by atoms with Gasteiger partial charge in [-0.05, 0) is 6.92 Å². The van der Waals surface area contributed by atoms with Crippen LogP contribution >= 0.6 is 0 Å². The quantitative estimate of drug-likeness (QED) is 0.497. The molecule has 0 aliphatic rings. The molecule has 0 amide bonds. The molecule has 0 radical (unpaired) electrons. The van der Waals surface area contributed by atoms with E-state index < -0.39 is 0 Å². The molecule has 0 saturated heterocycles. The molecule has 0 atom stereocenters. The third kappa shape index (κ3) is 2.17. The van der Waals surface area contributed by atoms with Crippen LogP contribution in [0.15, 0.2) is 30.3 Å². The van der Waals surface area contributed by atoms with E-state index in [4.69, 9.17) is 0 Å². The number of hydrogen-bond donors (Lipinski definition) is 0. The zero-order valence-corrected chi connectivity index (χ0v) is 4.39. The second kappa shape index (κ2) is 3.73. The van der Waals surface area contributed by atoms with Gasteiger partial charge in [0.25, 0.3) is 0 Å². The first kappa shape index (κ1) is 7.76. The summed E-state index contributed by atoms with van der Waals surface area (Å²) in [6, 6.07) is 10.3. The Morgan fingerprint density at radius 2 is 1.50 bits per heavy atom. The Labute approximate surface area is 60.9 Å². The predicted molar refractivity (Wildman–Crippen MR) is 42.5 cm³/mol. The van der Waals surface area contributed by atoms with Crippen LogP contribution in [0.3, 0.4) is 0 Å². The summed E-state index contributed by atoms with van der Waals surface area (Å²) in [5, 5.41) is 0. The molecule has 0 heterocycles. The van der Waals surface area contributed by atoms with Crippen LogP contribution in [-0.2, 0) is 0 Å². The molecule has 0 aliphatic heterocycles. The Balaban J connectivity index is 0.000000490. The van der Waals surface area contributed by atoms with Crippen LogP contribution in [-0.4, -0.2) is 17.6 Å². The molecule has 44 valence electrons. The predicted octanol–water partition coefficient (Wildman–Crippen LogP) is 0.543. The van der Waals surface area contributed by atoms with Crippen LogP contribution < -0.4 is 0 Å². The first-order valence-electron chi connectivity index (χ1n) is 2.41. The molecule has 0 saturated carbocycles. The molecule has 0 fully saturated rings. The van der Waals surface area contributed by atoms with Crippen LogP contribution in [0.5, 0.6) is 0 Å². The molecule has 0 nitrogen and oxygen atoms in total. The third-order valence-electron chi connectivity index (χ3n) is 0.940. The van der Waals surface area contributed by atoms with Crippen LogP contribution in [0.1, 0.15) is 5.56 Å². The zero-order valence-electron chi connectivity index (χ0n) is 4.39. The SMILES string of the molecule is Cc1ccccc1.[GeH4]. The fourth-order valence-corrected chi connectivity index (χ4v) is 0.534. The summed E-state index contributed by atoms with van der Waals surface area (Å²) in [5.41, 5.74) is 1.32. The average Bonchev–Trinajstić information content (AvgIpc) is 1.69. The molecule has 0 bridgehead atoms. The fraction of sp³-hybridized carbons (Fsp3) is 0.143. The molecule has 0 aromatic heterocycles. The van der Waals surface area contributed by atoms with E-state index in [2.05, 4.69) is 19.1 Å². The molecule has 0 spiro atoms. The van der Waals surface area contributed by atoms with E-state index in [1.807, 2.05) is 18.2 Å². The Morgan fingerprint density at radius 3 is 1.75 bits per heavy atom. The van der Waals surface area contributed by atoms with Gasteiger partial charge in [0.15, 0.2) is 0 Å². The van der Waals surface area contributed by atoms with Gasteiger partial charge in [-0.25, -0.2) is 0 Å². The summed E-state index contributed by atoms with van der Waals surface area (Å²) in [6.45, 7) is 2.08. The molecule has 1 aromatic rings. The maximum absolute atomic E-state index is 2.08. The van der Waals surface area contributed by atoms with E-state index in [9.17, 15) is 0 Å². The van der Waals surface area contributed by atoms with E-state index in [-0.39, 0.29) is 17.6 Å². The molecule has 0 aliphatic carbocycles. The van der Waals surface area contributed by atoms with Crippen molar-refractivity contribution in [1.82, 2.24) is 0 Å². The van der Waals surface area contributed by atoms with Crippen LogP contribution in [0.25, 0.3) is 0 Å². The van der Waals surface area contributed by atoms with Crippen LogP contribution in [0.4, 0.5) is 0 Å². The van der Waals surface area contributed by atoms with Crippen molar-refractivity contribution in [3.8, 4) is 0 Å². The van der Waals surface area contributed by atoms with Crippen molar-refractivity contribution < 1.29 is 0 Å². The number of benzene rings is 1. The number of aryl methyl sites for hydroxylation is 1. The molecule has 1 aromatic carbocycles. The van der Waals surface area contributed by atoms with E-state index in [1.54, 1.807) is 0 Å². The zero-order chi connectivity index (χ0) is 5.11. The van der Waals surface area contributed by atoms with E-state index in [0.717, 1.165) is 0 Å². The van der Waals surface area contributed by atoms with Gasteiger partial charge < -0.3 is 0 Å². The summed E-state index contributed by atoms with van der Waals surface area (Å²) in [7, 11) is 0. The Bertz CT molecular complexity index is 134. The fourth-order valence-electron chi connectivity index (χ4n) is 0.534. The summed E-state index contributed by atoms with van der Waals surface area (Å²) in [5.74, 6) is 0. The van der Waals surface area contributed by atoms with Gasteiger partial charge in [0.2, 0.25) is 0 Å². The number of hydrogen-bond acceptors (Lipinski definition) is 0. The second-order valence-electron chi connectivity index (χ2n) is 1.65. The second-order valence-corrected chi connectivity index (χ2v) is 1.65. The van der Waals surface area contributed by atoms with Crippen molar-refractivity contribution in [3.05, 3.63) is 35.9 Å². The van der Waals surface area contributed by atoms with Crippen LogP contribution in [0.2, 0.25) is 0 Å². The van der Waals surface area contributed by atoms with Crippen molar-refractivity contribution in [2.75, 3.05) is 0 Å². The Kier molecular flexibility index (Phi) is 3.62. The molecular weight excluding hydrogens is 157 g/mol. The van der Waals surface area contributed by atoms with Gasteiger partial charge in [0.1, 0.15) is 0 Å². The first-order valence-corrected chi connectivity index (χ1v) is 2.41. The summed E-state index contributed by atoms with van der Waals surface area (Å²) in [4.78, 5) is 0. The van der Waals surface area contributed by atoms with Gasteiger partial charge in [0.05, 0.1) is 0 Å². The van der Waals surface area contributed by atoms with Gasteiger partial charge in [-0.3, -0.25) is 0 Å². The van der Waals surface area contributed by atoms with Gasteiger partial charge in [0, 0.05) is 0 Å². The van der Waals surface area contributed by atoms with Gasteiger partial charge >= 0.3 is 17.6 Å². The third-order valence-corrected chi connectivity index (χ3v) is 0.940. The first-order chi connectivity index (χ1) is 3.39. The summed E-state index contributed by atoms with van der Waals surface area (Å²) in [6.07, 6.45) is 0. The summed E-state index contributed by atoms with van der Waals surface area (Å²) >= 11 is 0. The standard InChI is InChI=1S/C7H8.GeH4/c1-7-5-3-2-4-6-7;/h2-6H,1H3;1H4. The summed E-state index contributed by atoms with van der Waals surface area (Å²) < 4.78 is 0. The minimum absolute atomic E-state index is 0. The van der Waals surface area contributed by atoms with Crippen molar-refractivity contribution in [2.24, 2.45) is 0 Å². The van der Waals surface area contributed by atoms with E-state index >= 15 is 0 Å². The molecule has 0 unspecified atom stereocenters. The monoisotopic (exact) mass is 170 g/mol. The molecule has 0 N–H and O–H groups in total. The normalized spacial score (nSPS) is 7.62. The van der Waals surface area contributed by atoms with Crippen molar-refractivity contribution in [3.63, 3.8) is 0 Å². The number of rotatable bonds is 0. The van der Waals surface area contributed by atoms with Gasteiger partial charge in [-0.2, -0.15) is 0 Å². The Morgan fingerprint density at radius 1 is 1.00 bits per heavy atom. The maximum atomic E-state index is 2.08. The van der Waals surface area contributed by atoms with Crippen molar-refractivity contribution in [2.45, 2.75) is 6.92 Å². The van der Waals surface area contributed by atoms with E-state index in [0.29, 0.717) is 0 Å². The van der Waals surface area contributed by atoms with Crippen molar-refractivity contribution >= 4 is 17.6 Å². The molecular formula is C7H12Ge. The van der Waals surface area contributed by atoms with Crippen molar-refractivity contribution in [1.29, 1.82) is 0 Å². The topological polar surface area (TPSA) is 0 Å². The minimum atomic E-state index is 0. The van der Waals surface area contributed by atoms with Crippen LogP contribution in [0, 0.1) is 6.92 Å². The molecule has 1 heteroatoms. The Hall–Kier alpha value is -0.237. The average molecular weight is 169 g/mol. The van der Waals surface area contributed by atoms with Gasteiger partial charge in [-0.15, -0.1) is 0 Å². The van der Waals surface area contributed by atoms with Gasteiger partial charge in [-0.1, -0.05) is 35.9 Å². The molecule has 8 heavy (non-hydrogen) atoms. The van der Waals surface area contributed by atoms with E-state index in [1.165, 1.54) is 5.56 Å². The molecule has 1 rings (SSSR count).